The molecule has 1 fully saturated rings. The second-order valence-corrected chi connectivity index (χ2v) is 4.98. The summed E-state index contributed by atoms with van der Waals surface area (Å²) in [6.07, 6.45) is 4.30. The molecule has 1 heterocycles. The molecule has 1 aliphatic heterocycles. The number of β-amino-alcohol motifs (C(OH)–C–C–N with tert-alkyl or cyclic N) is 1. The van der Waals surface area contributed by atoms with Gasteiger partial charge in [0.2, 0.25) is 0 Å². The van der Waals surface area contributed by atoms with Crippen LogP contribution in [-0.4, -0.2) is 39.9 Å². The Hall–Kier alpha value is -1.26. The summed E-state index contributed by atoms with van der Waals surface area (Å²) in [6, 6.07) is 4.49. The van der Waals surface area contributed by atoms with E-state index >= 15 is 0 Å². The van der Waals surface area contributed by atoms with Crippen LogP contribution in [0.3, 0.4) is 0 Å². The lowest BCUT2D eigenvalue weighted by Gasteiger charge is -2.23. The van der Waals surface area contributed by atoms with Crippen molar-refractivity contribution >= 4 is 0 Å². The first-order valence-electron chi connectivity index (χ1n) is 6.59. The van der Waals surface area contributed by atoms with Crippen LogP contribution in [0, 0.1) is 0 Å². The number of phenolic OH excluding ortho intramolecular Hbond substituents is 2. The van der Waals surface area contributed by atoms with Gasteiger partial charge in [0, 0.05) is 6.54 Å². The van der Waals surface area contributed by atoms with E-state index in [9.17, 15) is 15.3 Å². The van der Waals surface area contributed by atoms with E-state index in [0.29, 0.717) is 12.1 Å². The Morgan fingerprint density at radius 2 is 1.67 bits per heavy atom. The molecule has 4 heteroatoms. The van der Waals surface area contributed by atoms with Gasteiger partial charge in [-0.2, -0.15) is 0 Å². The van der Waals surface area contributed by atoms with Crippen LogP contribution < -0.4 is 0 Å². The van der Waals surface area contributed by atoms with E-state index in [1.165, 1.54) is 37.8 Å². The fourth-order valence-electron chi connectivity index (χ4n) is 2.42. The van der Waals surface area contributed by atoms with Gasteiger partial charge >= 0.3 is 0 Å². The van der Waals surface area contributed by atoms with Crippen molar-refractivity contribution in [3.05, 3.63) is 23.8 Å². The van der Waals surface area contributed by atoms with Gasteiger partial charge in [0.15, 0.2) is 11.5 Å². The van der Waals surface area contributed by atoms with Crippen LogP contribution in [0.25, 0.3) is 0 Å². The van der Waals surface area contributed by atoms with Crippen LogP contribution in [0.1, 0.15) is 37.4 Å². The Labute approximate surface area is 107 Å². The fraction of sp³-hybridized carbons (Fsp3) is 0.571. The second kappa shape index (κ2) is 6.07. The molecule has 1 aliphatic rings. The molecule has 0 bridgehead atoms. The summed E-state index contributed by atoms with van der Waals surface area (Å²) in [7, 11) is 0. The van der Waals surface area contributed by atoms with Gasteiger partial charge in [0.05, 0.1) is 6.10 Å². The summed E-state index contributed by atoms with van der Waals surface area (Å²) in [5, 5.41) is 28.8. The normalized spacial score (nSPS) is 19.4. The van der Waals surface area contributed by atoms with Crippen LogP contribution in [0.2, 0.25) is 0 Å². The van der Waals surface area contributed by atoms with Crippen LogP contribution >= 0.6 is 0 Å². The molecular weight excluding hydrogens is 230 g/mol. The topological polar surface area (TPSA) is 63.9 Å². The number of hydrogen-bond donors (Lipinski definition) is 3. The minimum Gasteiger partial charge on any atom is -0.504 e. The highest BCUT2D eigenvalue weighted by Gasteiger charge is 2.16. The zero-order valence-electron chi connectivity index (χ0n) is 10.5. The maximum Gasteiger partial charge on any atom is 0.157 e. The van der Waals surface area contributed by atoms with Crippen molar-refractivity contribution in [2.75, 3.05) is 19.6 Å². The van der Waals surface area contributed by atoms with Gasteiger partial charge in [0.25, 0.3) is 0 Å². The standard InChI is InChI=1S/C14H21NO3/c16-12-6-5-11(9-13(12)17)14(18)10-15-7-3-1-2-4-8-15/h5-6,9,14,16-18H,1-4,7-8,10H2. The maximum absolute atomic E-state index is 10.1. The molecule has 2 rings (SSSR count). The summed E-state index contributed by atoms with van der Waals surface area (Å²) >= 11 is 0. The summed E-state index contributed by atoms with van der Waals surface area (Å²) in [4.78, 5) is 2.27. The third-order valence-electron chi connectivity index (χ3n) is 3.51. The summed E-state index contributed by atoms with van der Waals surface area (Å²) in [5.74, 6) is -0.330. The van der Waals surface area contributed by atoms with Gasteiger partial charge < -0.3 is 20.2 Å². The fourth-order valence-corrected chi connectivity index (χ4v) is 2.42. The molecule has 3 N–H and O–H groups in total. The molecule has 1 unspecified atom stereocenters. The predicted octanol–water partition coefficient (Wildman–Crippen LogP) is 2.01. The van der Waals surface area contributed by atoms with Crippen molar-refractivity contribution in [3.8, 4) is 11.5 Å². The average Bonchev–Trinajstić information content (AvgIpc) is 2.61. The van der Waals surface area contributed by atoms with Crippen LogP contribution in [0.5, 0.6) is 11.5 Å². The molecular formula is C14H21NO3. The number of aliphatic hydroxyl groups excluding tert-OH is 1. The predicted molar refractivity (Wildman–Crippen MR) is 69.6 cm³/mol. The molecule has 0 aromatic heterocycles. The highest BCUT2D eigenvalue weighted by molar-refractivity contribution is 5.41. The van der Waals surface area contributed by atoms with E-state index in [2.05, 4.69) is 4.90 Å². The second-order valence-electron chi connectivity index (χ2n) is 4.98. The molecule has 1 saturated heterocycles. The number of phenols is 2. The van der Waals surface area contributed by atoms with Crippen molar-refractivity contribution in [1.82, 2.24) is 4.90 Å². The summed E-state index contributed by atoms with van der Waals surface area (Å²) in [6.45, 7) is 2.65. The molecule has 18 heavy (non-hydrogen) atoms. The van der Waals surface area contributed by atoms with Crippen LogP contribution in [0.15, 0.2) is 18.2 Å². The van der Waals surface area contributed by atoms with Crippen LogP contribution in [0.4, 0.5) is 0 Å². The van der Waals surface area contributed by atoms with E-state index < -0.39 is 6.10 Å². The molecule has 1 aromatic rings. The molecule has 1 aromatic carbocycles. The zero-order chi connectivity index (χ0) is 13.0. The summed E-state index contributed by atoms with van der Waals surface area (Å²) < 4.78 is 0. The van der Waals surface area contributed by atoms with E-state index in [1.807, 2.05) is 0 Å². The molecule has 1 atom stereocenters. The third-order valence-corrected chi connectivity index (χ3v) is 3.51. The zero-order valence-corrected chi connectivity index (χ0v) is 10.5. The smallest absolute Gasteiger partial charge is 0.157 e. The Kier molecular flexibility index (Phi) is 4.44. The number of aliphatic hydroxyl groups is 1. The molecule has 0 spiro atoms. The molecule has 100 valence electrons. The number of nitrogens with zero attached hydrogens (tertiary/aromatic N) is 1. The lowest BCUT2D eigenvalue weighted by Crippen LogP contribution is -2.29. The van der Waals surface area contributed by atoms with Crippen molar-refractivity contribution in [3.63, 3.8) is 0 Å². The van der Waals surface area contributed by atoms with Gasteiger partial charge in [-0.25, -0.2) is 0 Å². The Morgan fingerprint density at radius 3 is 2.28 bits per heavy atom. The van der Waals surface area contributed by atoms with Crippen LogP contribution in [-0.2, 0) is 0 Å². The Bertz CT molecular complexity index is 387. The third kappa shape index (κ3) is 3.37. The molecule has 4 nitrogen and oxygen atoms in total. The molecule has 0 aliphatic carbocycles. The van der Waals surface area contributed by atoms with Crippen molar-refractivity contribution in [1.29, 1.82) is 0 Å². The number of hydrogen-bond acceptors (Lipinski definition) is 4. The number of benzene rings is 1. The SMILES string of the molecule is Oc1ccc(C(O)CN2CCCCCC2)cc1O. The highest BCUT2D eigenvalue weighted by atomic mass is 16.3. The minimum atomic E-state index is -0.616. The number of likely N-dealkylation sites (tertiary alicyclic amines) is 1. The number of rotatable bonds is 3. The first-order chi connectivity index (χ1) is 8.66. The minimum absolute atomic E-state index is 0.152. The van der Waals surface area contributed by atoms with Gasteiger partial charge in [-0.1, -0.05) is 18.9 Å². The first-order valence-corrected chi connectivity index (χ1v) is 6.59. The monoisotopic (exact) mass is 251 g/mol. The van der Waals surface area contributed by atoms with E-state index in [1.54, 1.807) is 6.07 Å². The first kappa shape index (κ1) is 13.2. The van der Waals surface area contributed by atoms with Gasteiger partial charge in [-0.05, 0) is 43.6 Å². The quantitative estimate of drug-likeness (QED) is 0.719. The number of aromatic hydroxyl groups is 2. The van der Waals surface area contributed by atoms with Crippen molar-refractivity contribution in [2.24, 2.45) is 0 Å². The lowest BCUT2D eigenvalue weighted by molar-refractivity contribution is 0.115. The van der Waals surface area contributed by atoms with E-state index in [0.717, 1.165) is 13.1 Å². The largest absolute Gasteiger partial charge is 0.504 e. The average molecular weight is 251 g/mol. The lowest BCUT2D eigenvalue weighted by atomic mass is 10.1. The van der Waals surface area contributed by atoms with Gasteiger partial charge in [-0.3, -0.25) is 0 Å². The van der Waals surface area contributed by atoms with Gasteiger partial charge in [0.1, 0.15) is 0 Å². The summed E-state index contributed by atoms with van der Waals surface area (Å²) in [5.41, 5.74) is 0.648. The molecule has 0 amide bonds. The van der Waals surface area contributed by atoms with E-state index in [4.69, 9.17) is 0 Å². The molecule has 0 radical (unpaired) electrons. The highest BCUT2D eigenvalue weighted by Crippen LogP contribution is 2.28. The van der Waals surface area contributed by atoms with Crippen molar-refractivity contribution in [2.45, 2.75) is 31.8 Å². The molecule has 0 saturated carbocycles. The maximum atomic E-state index is 10.1. The van der Waals surface area contributed by atoms with Gasteiger partial charge in [-0.15, -0.1) is 0 Å². The van der Waals surface area contributed by atoms with Crippen molar-refractivity contribution < 1.29 is 15.3 Å². The Morgan fingerprint density at radius 1 is 1.00 bits per heavy atom. The van der Waals surface area contributed by atoms with E-state index in [-0.39, 0.29) is 11.5 Å². The Balaban J connectivity index is 1.97.